The molecule has 3 aromatic rings. The summed E-state index contributed by atoms with van der Waals surface area (Å²) >= 11 is 9.38. The first kappa shape index (κ1) is 12.5. The van der Waals surface area contributed by atoms with Gasteiger partial charge in [0.15, 0.2) is 5.76 Å². The van der Waals surface area contributed by atoms with Gasteiger partial charge in [-0.25, -0.2) is 0 Å². The molecule has 0 atom stereocenters. The largest absolute Gasteiger partial charge is 0.356 e. The lowest BCUT2D eigenvalue weighted by molar-refractivity contribution is 0.435. The molecule has 0 fully saturated rings. The molecule has 0 aliphatic heterocycles. The van der Waals surface area contributed by atoms with Crippen LogP contribution in [0.25, 0.3) is 22.6 Å². The summed E-state index contributed by atoms with van der Waals surface area (Å²) in [5.41, 5.74) is 2.74. The van der Waals surface area contributed by atoms with E-state index in [0.717, 1.165) is 21.3 Å². The van der Waals surface area contributed by atoms with Gasteiger partial charge in [-0.05, 0) is 24.3 Å². The molecule has 0 N–H and O–H groups in total. The first-order valence-electron chi connectivity index (χ1n) is 5.71. The van der Waals surface area contributed by atoms with Crippen LogP contribution in [0.15, 0.2) is 63.6 Å². The van der Waals surface area contributed by atoms with Gasteiger partial charge in [-0.2, -0.15) is 0 Å². The fourth-order valence-electron chi connectivity index (χ4n) is 1.81. The summed E-state index contributed by atoms with van der Waals surface area (Å²) in [5, 5.41) is 4.77. The molecule has 0 bridgehead atoms. The molecule has 0 unspecified atom stereocenters. The Morgan fingerprint density at radius 2 is 1.74 bits per heavy atom. The van der Waals surface area contributed by atoms with Crippen molar-refractivity contribution in [2.75, 3.05) is 0 Å². The van der Waals surface area contributed by atoms with Gasteiger partial charge in [0.05, 0.1) is 0 Å². The summed E-state index contributed by atoms with van der Waals surface area (Å²) in [6.45, 7) is 0. The van der Waals surface area contributed by atoms with Gasteiger partial charge in [-0.15, -0.1) is 0 Å². The summed E-state index contributed by atoms with van der Waals surface area (Å²) in [6.07, 6.45) is 0. The Labute approximate surface area is 124 Å². The zero-order chi connectivity index (χ0) is 13.2. The Bertz CT molecular complexity index is 706. The molecule has 0 amide bonds. The van der Waals surface area contributed by atoms with Crippen molar-refractivity contribution < 1.29 is 4.52 Å². The second-order valence-electron chi connectivity index (χ2n) is 4.09. The molecule has 3 rings (SSSR count). The van der Waals surface area contributed by atoms with Crippen molar-refractivity contribution in [1.29, 1.82) is 0 Å². The van der Waals surface area contributed by atoms with Crippen LogP contribution in [0.3, 0.4) is 0 Å². The molecule has 1 aromatic heterocycles. The minimum atomic E-state index is 0.680. The van der Waals surface area contributed by atoms with E-state index < -0.39 is 0 Å². The predicted molar refractivity (Wildman–Crippen MR) is 80.1 cm³/mol. The Hall–Kier alpha value is -1.58. The third-order valence-electron chi connectivity index (χ3n) is 2.76. The highest BCUT2D eigenvalue weighted by Gasteiger charge is 2.08. The van der Waals surface area contributed by atoms with Crippen molar-refractivity contribution in [2.45, 2.75) is 0 Å². The normalized spacial score (nSPS) is 10.6. The molecule has 0 aliphatic carbocycles. The van der Waals surface area contributed by atoms with Crippen LogP contribution in [-0.2, 0) is 0 Å². The van der Waals surface area contributed by atoms with E-state index in [1.54, 1.807) is 0 Å². The van der Waals surface area contributed by atoms with Gasteiger partial charge >= 0.3 is 0 Å². The van der Waals surface area contributed by atoms with E-state index >= 15 is 0 Å². The van der Waals surface area contributed by atoms with Crippen LogP contribution in [0.2, 0.25) is 5.02 Å². The third kappa shape index (κ3) is 2.72. The number of hydrogen-bond donors (Lipinski definition) is 0. The van der Waals surface area contributed by atoms with E-state index in [1.165, 1.54) is 0 Å². The second-order valence-corrected chi connectivity index (χ2v) is 5.45. The van der Waals surface area contributed by atoms with E-state index in [0.29, 0.717) is 10.8 Å². The lowest BCUT2D eigenvalue weighted by Crippen LogP contribution is -1.75. The van der Waals surface area contributed by atoms with E-state index in [-0.39, 0.29) is 0 Å². The fraction of sp³-hybridized carbons (Fsp3) is 0. The molecular weight excluding hydrogens is 326 g/mol. The van der Waals surface area contributed by atoms with Gasteiger partial charge in [0.2, 0.25) is 0 Å². The van der Waals surface area contributed by atoms with E-state index in [2.05, 4.69) is 21.1 Å². The first-order chi connectivity index (χ1) is 9.22. The number of hydrogen-bond acceptors (Lipinski definition) is 2. The minimum Gasteiger partial charge on any atom is -0.356 e. The first-order valence-corrected chi connectivity index (χ1v) is 6.88. The lowest BCUT2D eigenvalue weighted by Gasteiger charge is -1.95. The zero-order valence-corrected chi connectivity index (χ0v) is 12.1. The Kier molecular flexibility index (Phi) is 3.40. The van der Waals surface area contributed by atoms with Gasteiger partial charge < -0.3 is 4.52 Å². The maximum absolute atomic E-state index is 5.97. The summed E-state index contributed by atoms with van der Waals surface area (Å²) in [6, 6.07) is 17.4. The summed E-state index contributed by atoms with van der Waals surface area (Å²) in [4.78, 5) is 0. The molecule has 0 saturated carbocycles. The smallest absolute Gasteiger partial charge is 0.167 e. The molecule has 0 radical (unpaired) electrons. The zero-order valence-electron chi connectivity index (χ0n) is 9.81. The number of rotatable bonds is 2. The van der Waals surface area contributed by atoms with Gasteiger partial charge in [0.25, 0.3) is 0 Å². The highest BCUT2D eigenvalue weighted by molar-refractivity contribution is 9.10. The van der Waals surface area contributed by atoms with Crippen LogP contribution in [0.4, 0.5) is 0 Å². The molecule has 0 aliphatic rings. The van der Waals surface area contributed by atoms with Crippen LogP contribution in [0, 0.1) is 0 Å². The fourth-order valence-corrected chi connectivity index (χ4v) is 2.26. The van der Waals surface area contributed by atoms with Gasteiger partial charge in [-0.1, -0.05) is 57.0 Å². The number of aromatic nitrogens is 1. The molecule has 2 aromatic carbocycles. The SMILES string of the molecule is Clc1cccc(-c2cc(-c3ccc(Br)cc3)no2)c1. The third-order valence-corrected chi connectivity index (χ3v) is 3.52. The maximum atomic E-state index is 5.97. The van der Waals surface area contributed by atoms with Crippen molar-refractivity contribution in [3.63, 3.8) is 0 Å². The molecule has 19 heavy (non-hydrogen) atoms. The Balaban J connectivity index is 1.97. The van der Waals surface area contributed by atoms with E-state index in [4.69, 9.17) is 16.1 Å². The molecule has 1 heterocycles. The number of halogens is 2. The topological polar surface area (TPSA) is 26.0 Å². The second kappa shape index (κ2) is 5.19. The molecule has 0 saturated heterocycles. The van der Waals surface area contributed by atoms with Crippen molar-refractivity contribution in [3.05, 3.63) is 64.1 Å². The molecule has 2 nitrogen and oxygen atoms in total. The Morgan fingerprint density at radius 1 is 0.947 bits per heavy atom. The van der Waals surface area contributed by atoms with Crippen molar-refractivity contribution in [3.8, 4) is 22.6 Å². The summed E-state index contributed by atoms with van der Waals surface area (Å²) in [7, 11) is 0. The summed E-state index contributed by atoms with van der Waals surface area (Å²) in [5.74, 6) is 0.709. The Morgan fingerprint density at radius 3 is 2.47 bits per heavy atom. The molecule has 0 spiro atoms. The average Bonchev–Trinajstić information content (AvgIpc) is 2.89. The van der Waals surface area contributed by atoms with Crippen LogP contribution >= 0.6 is 27.5 Å². The standard InChI is InChI=1S/C15H9BrClNO/c16-12-6-4-10(5-7-12)14-9-15(19-18-14)11-2-1-3-13(17)8-11/h1-9H. The van der Waals surface area contributed by atoms with E-state index in [9.17, 15) is 0 Å². The lowest BCUT2D eigenvalue weighted by atomic mass is 10.1. The van der Waals surface area contributed by atoms with Gasteiger partial charge in [0.1, 0.15) is 5.69 Å². The monoisotopic (exact) mass is 333 g/mol. The van der Waals surface area contributed by atoms with Crippen molar-refractivity contribution in [2.24, 2.45) is 0 Å². The average molecular weight is 335 g/mol. The minimum absolute atomic E-state index is 0.680. The van der Waals surface area contributed by atoms with Crippen LogP contribution in [0.1, 0.15) is 0 Å². The predicted octanol–water partition coefficient (Wildman–Crippen LogP) is 5.42. The molecule has 94 valence electrons. The van der Waals surface area contributed by atoms with Crippen LogP contribution in [-0.4, -0.2) is 5.16 Å². The molecule has 4 heteroatoms. The summed E-state index contributed by atoms with van der Waals surface area (Å²) < 4.78 is 6.41. The van der Waals surface area contributed by atoms with Gasteiger partial charge in [0, 0.05) is 26.7 Å². The van der Waals surface area contributed by atoms with Crippen LogP contribution in [0.5, 0.6) is 0 Å². The number of nitrogens with zero attached hydrogens (tertiary/aromatic N) is 1. The highest BCUT2D eigenvalue weighted by Crippen LogP contribution is 2.28. The van der Waals surface area contributed by atoms with Gasteiger partial charge in [-0.3, -0.25) is 0 Å². The van der Waals surface area contributed by atoms with Crippen molar-refractivity contribution in [1.82, 2.24) is 5.16 Å². The molecular formula is C15H9BrClNO. The van der Waals surface area contributed by atoms with Crippen LogP contribution < -0.4 is 0 Å². The van der Waals surface area contributed by atoms with Crippen molar-refractivity contribution >= 4 is 27.5 Å². The quantitative estimate of drug-likeness (QED) is 0.625. The van der Waals surface area contributed by atoms with E-state index in [1.807, 2.05) is 54.6 Å². The maximum Gasteiger partial charge on any atom is 0.167 e. The highest BCUT2D eigenvalue weighted by atomic mass is 79.9. The number of benzene rings is 2.